The lowest BCUT2D eigenvalue weighted by Crippen LogP contribution is -2.53. The Hall–Kier alpha value is -3.43. The molecule has 1 aromatic carbocycles. The molecule has 1 saturated carbocycles. The van der Waals surface area contributed by atoms with E-state index < -0.39 is 0 Å². The van der Waals surface area contributed by atoms with Gasteiger partial charge in [0.25, 0.3) is 5.91 Å². The minimum Gasteiger partial charge on any atom is -0.494 e. The first kappa shape index (κ1) is 24.9. The van der Waals surface area contributed by atoms with Gasteiger partial charge in [-0.15, -0.1) is 0 Å². The van der Waals surface area contributed by atoms with Crippen LogP contribution in [0.4, 0.5) is 0 Å². The summed E-state index contributed by atoms with van der Waals surface area (Å²) in [6.07, 6.45) is 5.41. The molecule has 0 unspecified atom stereocenters. The number of carbonyl (C=O) groups excluding carboxylic acids is 1. The number of aromatic nitrogens is 4. The highest BCUT2D eigenvalue weighted by Gasteiger charge is 2.30. The highest BCUT2D eigenvalue weighted by Crippen LogP contribution is 2.37. The lowest BCUT2D eigenvalue weighted by Gasteiger charge is -2.36. The van der Waals surface area contributed by atoms with Gasteiger partial charge < -0.3 is 28.8 Å². The molecule has 1 N–H and O–H groups in total. The van der Waals surface area contributed by atoms with Gasteiger partial charge in [0.1, 0.15) is 16.9 Å². The Bertz CT molecular complexity index is 1470. The van der Waals surface area contributed by atoms with E-state index in [0.29, 0.717) is 43.5 Å². The monoisotopic (exact) mass is 516 g/mol. The maximum Gasteiger partial charge on any atom is 0.254 e. The number of carbonyl (C=O) groups is 1. The second kappa shape index (κ2) is 10.4. The van der Waals surface area contributed by atoms with E-state index in [1.54, 1.807) is 7.11 Å². The number of nitrogens with zero attached hydrogens (tertiary/aromatic N) is 5. The molecule has 1 aliphatic carbocycles. The van der Waals surface area contributed by atoms with Crippen LogP contribution in [-0.2, 0) is 18.3 Å². The maximum absolute atomic E-state index is 13.8. The summed E-state index contributed by atoms with van der Waals surface area (Å²) in [5.41, 5.74) is 4.23. The molecule has 4 aromatic rings. The lowest BCUT2D eigenvalue weighted by atomic mass is 10.1. The Kier molecular flexibility index (Phi) is 6.80. The molecule has 38 heavy (non-hydrogen) atoms. The molecule has 3 aromatic heterocycles. The van der Waals surface area contributed by atoms with Gasteiger partial charge in [-0.1, -0.05) is 6.92 Å². The fourth-order valence-electron chi connectivity index (χ4n) is 5.54. The number of benzene rings is 1. The number of fused-ring (bicyclic) bond motifs is 2. The number of hydrogen-bond donors (Lipinski definition) is 1. The van der Waals surface area contributed by atoms with Crippen LogP contribution < -0.4 is 10.1 Å². The van der Waals surface area contributed by atoms with Crippen LogP contribution in [0.2, 0.25) is 0 Å². The third-order valence-corrected chi connectivity index (χ3v) is 7.72. The van der Waals surface area contributed by atoms with Gasteiger partial charge in [0.2, 0.25) is 0 Å². The van der Waals surface area contributed by atoms with Gasteiger partial charge in [0.15, 0.2) is 5.82 Å². The van der Waals surface area contributed by atoms with Crippen molar-refractivity contribution in [3.63, 3.8) is 0 Å². The molecule has 1 amide bonds. The number of ether oxygens (including phenoxy) is 2. The van der Waals surface area contributed by atoms with Crippen molar-refractivity contribution in [1.29, 1.82) is 0 Å². The smallest absolute Gasteiger partial charge is 0.254 e. The third-order valence-electron chi connectivity index (χ3n) is 7.72. The predicted octanol–water partition coefficient (Wildman–Crippen LogP) is 3.85. The Labute approximate surface area is 222 Å². The van der Waals surface area contributed by atoms with Crippen LogP contribution in [-0.4, -0.2) is 75.9 Å². The van der Waals surface area contributed by atoms with E-state index in [1.807, 2.05) is 36.3 Å². The summed E-state index contributed by atoms with van der Waals surface area (Å²) in [6.45, 7) is 6.36. The van der Waals surface area contributed by atoms with Gasteiger partial charge in [-0.3, -0.25) is 4.79 Å². The quantitative estimate of drug-likeness (QED) is 0.340. The van der Waals surface area contributed by atoms with Crippen molar-refractivity contribution in [3.8, 4) is 17.3 Å². The standard InChI is InChI=1S/C29H36N6O3/c1-4-9-30-16-22-18-38-12-11-34(22)29(36)21-13-23-26(25(15-21)37-3)33(2)28(32-23)24-14-20-6-5-10-31-27(20)35(24)17-19-7-8-19/h5-6,10,13-15,19,22,30H,4,7-9,11-12,16-18H2,1-3H3/t22-/m1/s1. The van der Waals surface area contributed by atoms with Crippen molar-refractivity contribution in [2.24, 2.45) is 13.0 Å². The zero-order chi connectivity index (χ0) is 26.2. The summed E-state index contributed by atoms with van der Waals surface area (Å²) < 4.78 is 15.9. The van der Waals surface area contributed by atoms with E-state index >= 15 is 0 Å². The summed E-state index contributed by atoms with van der Waals surface area (Å²) in [6, 6.07) is 10.00. The Morgan fingerprint density at radius 1 is 1.26 bits per heavy atom. The van der Waals surface area contributed by atoms with E-state index in [-0.39, 0.29) is 11.9 Å². The molecular weight excluding hydrogens is 480 g/mol. The highest BCUT2D eigenvalue weighted by molar-refractivity contribution is 6.00. The van der Waals surface area contributed by atoms with E-state index in [4.69, 9.17) is 14.5 Å². The average molecular weight is 517 g/mol. The van der Waals surface area contributed by atoms with Gasteiger partial charge >= 0.3 is 0 Å². The number of methoxy groups -OCH3 is 1. The van der Waals surface area contributed by atoms with Crippen LogP contribution in [0.5, 0.6) is 5.75 Å². The molecule has 9 heteroatoms. The Balaban J connectivity index is 1.40. The Morgan fingerprint density at radius 2 is 2.13 bits per heavy atom. The zero-order valence-electron chi connectivity index (χ0n) is 22.4. The molecule has 0 spiro atoms. The summed E-state index contributed by atoms with van der Waals surface area (Å²) >= 11 is 0. The van der Waals surface area contributed by atoms with Crippen LogP contribution in [0, 0.1) is 5.92 Å². The van der Waals surface area contributed by atoms with Crippen LogP contribution in [0.1, 0.15) is 36.5 Å². The summed E-state index contributed by atoms with van der Waals surface area (Å²) in [5, 5.41) is 4.54. The van der Waals surface area contributed by atoms with E-state index in [1.165, 1.54) is 12.8 Å². The molecule has 0 radical (unpaired) electrons. The number of hydrogen-bond acceptors (Lipinski definition) is 6. The second-order valence-electron chi connectivity index (χ2n) is 10.5. The largest absolute Gasteiger partial charge is 0.494 e. The van der Waals surface area contributed by atoms with Crippen LogP contribution in [0.25, 0.3) is 33.6 Å². The summed E-state index contributed by atoms with van der Waals surface area (Å²) in [4.78, 5) is 25.4. The van der Waals surface area contributed by atoms with Crippen molar-refractivity contribution >= 4 is 28.0 Å². The minimum absolute atomic E-state index is 0.00517. The molecule has 6 rings (SSSR count). The van der Waals surface area contributed by atoms with Gasteiger partial charge in [0, 0.05) is 43.8 Å². The lowest BCUT2D eigenvalue weighted by molar-refractivity contribution is -0.00141. The first-order valence-corrected chi connectivity index (χ1v) is 13.7. The normalized spacial score (nSPS) is 18.0. The maximum atomic E-state index is 13.8. The molecule has 2 aliphatic rings. The van der Waals surface area contributed by atoms with Crippen molar-refractivity contribution in [2.45, 2.75) is 38.8 Å². The van der Waals surface area contributed by atoms with Crippen molar-refractivity contribution < 1.29 is 14.3 Å². The fourth-order valence-corrected chi connectivity index (χ4v) is 5.54. The number of nitrogens with one attached hydrogen (secondary N) is 1. The molecule has 1 saturated heterocycles. The van der Waals surface area contributed by atoms with E-state index in [0.717, 1.165) is 53.1 Å². The molecule has 1 atom stereocenters. The van der Waals surface area contributed by atoms with Gasteiger partial charge in [-0.05, 0) is 62.1 Å². The highest BCUT2D eigenvalue weighted by atomic mass is 16.5. The van der Waals surface area contributed by atoms with E-state index in [2.05, 4.69) is 38.5 Å². The molecule has 200 valence electrons. The molecule has 1 aliphatic heterocycles. The predicted molar refractivity (Wildman–Crippen MR) is 148 cm³/mol. The molecule has 2 fully saturated rings. The van der Waals surface area contributed by atoms with E-state index in [9.17, 15) is 4.79 Å². The summed E-state index contributed by atoms with van der Waals surface area (Å²) in [5.74, 6) is 2.16. The number of morpholine rings is 1. The number of rotatable bonds is 9. The van der Waals surface area contributed by atoms with Gasteiger partial charge in [-0.25, -0.2) is 9.97 Å². The second-order valence-corrected chi connectivity index (χ2v) is 10.5. The van der Waals surface area contributed by atoms with Crippen LogP contribution in [0.3, 0.4) is 0 Å². The first-order valence-electron chi connectivity index (χ1n) is 13.7. The number of pyridine rings is 1. The summed E-state index contributed by atoms with van der Waals surface area (Å²) in [7, 11) is 3.66. The third kappa shape index (κ3) is 4.54. The van der Waals surface area contributed by atoms with Crippen molar-refractivity contribution in [2.75, 3.05) is 40.0 Å². The first-order chi connectivity index (χ1) is 18.6. The minimum atomic E-state index is -0.0175. The van der Waals surface area contributed by atoms with Gasteiger partial charge in [0.05, 0.1) is 37.6 Å². The molecule has 0 bridgehead atoms. The van der Waals surface area contributed by atoms with Crippen LogP contribution in [0.15, 0.2) is 36.5 Å². The molecular formula is C29H36N6O3. The molecule has 4 heterocycles. The van der Waals surface area contributed by atoms with Crippen molar-refractivity contribution in [3.05, 3.63) is 42.1 Å². The SMILES string of the molecule is CCCNC[C@@H]1COCCN1C(=O)c1cc(OC)c2c(c1)nc(-c1cc3cccnc3n1CC1CC1)n2C. The van der Waals surface area contributed by atoms with Gasteiger partial charge in [-0.2, -0.15) is 0 Å². The van der Waals surface area contributed by atoms with Crippen molar-refractivity contribution in [1.82, 2.24) is 29.3 Å². The topological polar surface area (TPSA) is 86.4 Å². The molecule has 9 nitrogen and oxygen atoms in total. The zero-order valence-corrected chi connectivity index (χ0v) is 22.4. The fraction of sp³-hybridized carbons (Fsp3) is 0.483. The number of aryl methyl sites for hydroxylation is 1. The average Bonchev–Trinajstić information content (AvgIpc) is 3.61. The number of imidazole rings is 1. The number of amides is 1. The Morgan fingerprint density at radius 3 is 2.92 bits per heavy atom. The van der Waals surface area contributed by atoms with Crippen LogP contribution >= 0.6 is 0 Å².